The molecule has 1 saturated heterocycles. The third kappa shape index (κ3) is 4.82. The van der Waals surface area contributed by atoms with Crippen LogP contribution < -0.4 is 5.32 Å². The van der Waals surface area contributed by atoms with Crippen molar-refractivity contribution in [3.8, 4) is 0 Å². The predicted molar refractivity (Wildman–Crippen MR) is 86.7 cm³/mol. The summed E-state index contributed by atoms with van der Waals surface area (Å²) in [6.45, 7) is 4.08. The van der Waals surface area contributed by atoms with Crippen LogP contribution >= 0.6 is 11.6 Å². The van der Waals surface area contributed by atoms with Gasteiger partial charge in [0.25, 0.3) is 0 Å². The minimum absolute atomic E-state index is 0.0657. The van der Waals surface area contributed by atoms with Crippen LogP contribution in [0.2, 0.25) is 5.02 Å². The number of hydrogen-bond donors (Lipinski definition) is 1. The second-order valence-corrected chi connectivity index (χ2v) is 5.97. The van der Waals surface area contributed by atoms with Gasteiger partial charge in [0, 0.05) is 31.2 Å². The van der Waals surface area contributed by atoms with Gasteiger partial charge in [-0.15, -0.1) is 0 Å². The average Bonchev–Trinajstić information content (AvgIpc) is 2.83. The highest BCUT2D eigenvalue weighted by atomic mass is 35.5. The van der Waals surface area contributed by atoms with E-state index in [9.17, 15) is 14.0 Å². The number of carbonyl (C=O) groups is 2. The fourth-order valence-electron chi connectivity index (χ4n) is 2.42. The molecule has 0 spiro atoms. The van der Waals surface area contributed by atoms with Crippen LogP contribution in [0.5, 0.6) is 0 Å². The van der Waals surface area contributed by atoms with Crippen molar-refractivity contribution >= 4 is 23.5 Å². The Morgan fingerprint density at radius 1 is 1.35 bits per heavy atom. The van der Waals surface area contributed by atoms with Crippen LogP contribution in [0, 0.1) is 5.82 Å². The van der Waals surface area contributed by atoms with E-state index in [0.29, 0.717) is 36.8 Å². The Balaban J connectivity index is 1.87. The van der Waals surface area contributed by atoms with E-state index in [1.165, 1.54) is 17.0 Å². The first kappa shape index (κ1) is 17.5. The summed E-state index contributed by atoms with van der Waals surface area (Å²) >= 11 is 5.99. The standard InChI is InChI=1S/C16H21ClFN3O2/c1-2-3-6-19-15(22)11-21-8-7-20(16(21)23)10-12-4-5-13(18)9-14(12)17/h4-5,9H,2-3,6-8,10-11H2,1H3,(H,19,22). The molecule has 3 amide bonds. The molecule has 1 fully saturated rings. The van der Waals surface area contributed by atoms with E-state index in [4.69, 9.17) is 11.6 Å². The third-order valence-electron chi connectivity index (χ3n) is 3.74. The molecule has 1 aliphatic heterocycles. The molecule has 0 bridgehead atoms. The molecule has 1 aromatic rings. The normalized spacial score (nSPS) is 14.5. The van der Waals surface area contributed by atoms with E-state index in [2.05, 4.69) is 12.2 Å². The summed E-state index contributed by atoms with van der Waals surface area (Å²) in [6, 6.07) is 3.93. The van der Waals surface area contributed by atoms with Gasteiger partial charge in [0.1, 0.15) is 12.4 Å². The molecule has 1 aliphatic rings. The van der Waals surface area contributed by atoms with E-state index in [1.807, 2.05) is 0 Å². The quantitative estimate of drug-likeness (QED) is 0.775. The molecular weight excluding hydrogens is 321 g/mol. The largest absolute Gasteiger partial charge is 0.355 e. The lowest BCUT2D eigenvalue weighted by atomic mass is 10.2. The fraction of sp³-hybridized carbons (Fsp3) is 0.500. The van der Waals surface area contributed by atoms with Crippen LogP contribution in [-0.4, -0.2) is 47.9 Å². The van der Waals surface area contributed by atoms with Crippen molar-refractivity contribution in [1.82, 2.24) is 15.1 Å². The van der Waals surface area contributed by atoms with E-state index in [-0.39, 0.29) is 18.5 Å². The Bertz CT molecular complexity index is 582. The van der Waals surface area contributed by atoms with Gasteiger partial charge < -0.3 is 15.1 Å². The van der Waals surface area contributed by atoms with Crippen molar-refractivity contribution in [2.24, 2.45) is 0 Å². The van der Waals surface area contributed by atoms with Gasteiger partial charge >= 0.3 is 6.03 Å². The van der Waals surface area contributed by atoms with Crippen molar-refractivity contribution in [3.63, 3.8) is 0 Å². The Labute approximate surface area is 140 Å². The summed E-state index contributed by atoms with van der Waals surface area (Å²) < 4.78 is 13.1. The van der Waals surface area contributed by atoms with Gasteiger partial charge in [-0.1, -0.05) is 31.0 Å². The summed E-state index contributed by atoms with van der Waals surface area (Å²) in [7, 11) is 0. The Morgan fingerprint density at radius 3 is 2.78 bits per heavy atom. The maximum absolute atomic E-state index is 13.1. The van der Waals surface area contributed by atoms with Gasteiger partial charge in [0.05, 0.1) is 0 Å². The van der Waals surface area contributed by atoms with Crippen molar-refractivity contribution in [2.45, 2.75) is 26.3 Å². The molecular formula is C16H21ClFN3O2. The highest BCUT2D eigenvalue weighted by Gasteiger charge is 2.30. The summed E-state index contributed by atoms with van der Waals surface area (Å²) in [5.74, 6) is -0.551. The number of unbranched alkanes of at least 4 members (excludes halogenated alkanes) is 1. The summed E-state index contributed by atoms with van der Waals surface area (Å²) in [6.07, 6.45) is 1.93. The second kappa shape index (κ2) is 8.15. The third-order valence-corrected chi connectivity index (χ3v) is 4.10. The van der Waals surface area contributed by atoms with Crippen molar-refractivity contribution in [2.75, 3.05) is 26.2 Å². The zero-order valence-electron chi connectivity index (χ0n) is 13.1. The Kier molecular flexibility index (Phi) is 6.21. The molecule has 2 rings (SSSR count). The molecule has 0 aromatic heterocycles. The van der Waals surface area contributed by atoms with Gasteiger partial charge in [0.15, 0.2) is 0 Å². The van der Waals surface area contributed by atoms with Gasteiger partial charge in [-0.25, -0.2) is 9.18 Å². The number of hydrogen-bond acceptors (Lipinski definition) is 2. The maximum Gasteiger partial charge on any atom is 0.320 e. The number of carbonyl (C=O) groups excluding carboxylic acids is 2. The monoisotopic (exact) mass is 341 g/mol. The fourth-order valence-corrected chi connectivity index (χ4v) is 2.64. The molecule has 0 unspecified atom stereocenters. The number of amides is 3. The van der Waals surface area contributed by atoms with E-state index < -0.39 is 5.82 Å². The number of rotatable bonds is 7. The zero-order valence-corrected chi connectivity index (χ0v) is 13.9. The lowest BCUT2D eigenvalue weighted by Gasteiger charge is -2.19. The van der Waals surface area contributed by atoms with Crippen LogP contribution in [0.15, 0.2) is 18.2 Å². The molecule has 0 saturated carbocycles. The SMILES string of the molecule is CCCCNC(=O)CN1CCN(Cc2ccc(F)cc2Cl)C1=O. The van der Waals surface area contributed by atoms with Crippen LogP contribution in [0.4, 0.5) is 9.18 Å². The molecule has 0 aliphatic carbocycles. The molecule has 1 aromatic carbocycles. The lowest BCUT2D eigenvalue weighted by Crippen LogP contribution is -2.40. The van der Waals surface area contributed by atoms with Crippen LogP contribution in [0.1, 0.15) is 25.3 Å². The van der Waals surface area contributed by atoms with Crippen molar-refractivity contribution in [3.05, 3.63) is 34.6 Å². The highest BCUT2D eigenvalue weighted by molar-refractivity contribution is 6.31. The predicted octanol–water partition coefficient (Wildman–Crippen LogP) is 2.63. The Morgan fingerprint density at radius 2 is 2.09 bits per heavy atom. The number of nitrogens with one attached hydrogen (secondary N) is 1. The number of urea groups is 1. The van der Waals surface area contributed by atoms with E-state index in [1.54, 1.807) is 11.0 Å². The molecule has 0 atom stereocenters. The number of benzene rings is 1. The topological polar surface area (TPSA) is 52.7 Å². The van der Waals surface area contributed by atoms with Gasteiger partial charge in [0.2, 0.25) is 5.91 Å². The summed E-state index contributed by atoms with van der Waals surface area (Å²) in [5.41, 5.74) is 0.690. The molecule has 1 heterocycles. The zero-order chi connectivity index (χ0) is 16.8. The smallest absolute Gasteiger partial charge is 0.320 e. The molecule has 0 radical (unpaired) electrons. The lowest BCUT2D eigenvalue weighted by molar-refractivity contribution is -0.121. The van der Waals surface area contributed by atoms with Crippen LogP contribution in [0.25, 0.3) is 0 Å². The average molecular weight is 342 g/mol. The minimum Gasteiger partial charge on any atom is -0.355 e. The summed E-state index contributed by atoms with van der Waals surface area (Å²) in [5, 5.41) is 3.10. The Hall–Kier alpha value is -1.82. The number of halogens is 2. The van der Waals surface area contributed by atoms with Gasteiger partial charge in [-0.3, -0.25) is 4.79 Å². The van der Waals surface area contributed by atoms with Crippen LogP contribution in [-0.2, 0) is 11.3 Å². The van der Waals surface area contributed by atoms with Crippen molar-refractivity contribution in [1.29, 1.82) is 0 Å². The van der Waals surface area contributed by atoms with E-state index in [0.717, 1.165) is 12.8 Å². The first-order valence-corrected chi connectivity index (χ1v) is 8.13. The van der Waals surface area contributed by atoms with Crippen LogP contribution in [0.3, 0.4) is 0 Å². The van der Waals surface area contributed by atoms with Gasteiger partial charge in [-0.2, -0.15) is 0 Å². The van der Waals surface area contributed by atoms with Gasteiger partial charge in [-0.05, 0) is 24.1 Å². The molecule has 7 heteroatoms. The highest BCUT2D eigenvalue weighted by Crippen LogP contribution is 2.21. The maximum atomic E-state index is 13.1. The van der Waals surface area contributed by atoms with E-state index >= 15 is 0 Å². The summed E-state index contributed by atoms with van der Waals surface area (Å²) in [4.78, 5) is 27.2. The molecule has 1 N–H and O–H groups in total. The second-order valence-electron chi connectivity index (χ2n) is 5.56. The minimum atomic E-state index is -0.406. The molecule has 126 valence electrons. The first-order chi connectivity index (χ1) is 11.0. The molecule has 5 nitrogen and oxygen atoms in total. The first-order valence-electron chi connectivity index (χ1n) is 7.75. The molecule has 23 heavy (non-hydrogen) atoms. The number of nitrogens with zero attached hydrogens (tertiary/aromatic N) is 2. The van der Waals surface area contributed by atoms with Crippen molar-refractivity contribution < 1.29 is 14.0 Å².